The molecule has 0 aliphatic carbocycles. The number of hydrogen-bond donors (Lipinski definition) is 3. The van der Waals surface area contributed by atoms with Crippen LogP contribution < -0.4 is 5.32 Å². The number of carbonyl (C=O) groups is 1. The van der Waals surface area contributed by atoms with E-state index in [2.05, 4.69) is 29.4 Å². The molecule has 0 aliphatic rings. The van der Waals surface area contributed by atoms with E-state index in [-0.39, 0.29) is 11.8 Å². The molecule has 0 bridgehead atoms. The number of aryl methyl sites for hydroxylation is 2. The van der Waals surface area contributed by atoms with Gasteiger partial charge in [-0.15, -0.1) is 0 Å². The van der Waals surface area contributed by atoms with Gasteiger partial charge in [-0.1, -0.05) is 26.7 Å². The zero-order valence-corrected chi connectivity index (χ0v) is 13.0. The Hall–Kier alpha value is -1.36. The van der Waals surface area contributed by atoms with Crippen molar-refractivity contribution in [1.29, 1.82) is 0 Å². The van der Waals surface area contributed by atoms with Gasteiger partial charge in [-0.05, 0) is 31.7 Å². The molecule has 0 radical (unpaired) electrons. The van der Waals surface area contributed by atoms with Crippen LogP contribution in [0, 0.1) is 19.8 Å². The third-order valence-electron chi connectivity index (χ3n) is 3.98. The molecule has 1 amide bonds. The van der Waals surface area contributed by atoms with E-state index in [1.165, 1.54) is 0 Å². The largest absolute Gasteiger partial charge is 0.391 e. The topological polar surface area (TPSA) is 78.0 Å². The number of carbonyl (C=O) groups excluding carboxylic acids is 1. The predicted molar refractivity (Wildman–Crippen MR) is 79.5 cm³/mol. The Morgan fingerprint density at radius 3 is 2.50 bits per heavy atom. The summed E-state index contributed by atoms with van der Waals surface area (Å²) >= 11 is 0. The maximum absolute atomic E-state index is 11.8. The van der Waals surface area contributed by atoms with Crippen LogP contribution in [0.15, 0.2) is 0 Å². The third kappa shape index (κ3) is 4.63. The smallest absolute Gasteiger partial charge is 0.220 e. The van der Waals surface area contributed by atoms with Gasteiger partial charge >= 0.3 is 0 Å². The summed E-state index contributed by atoms with van der Waals surface area (Å²) in [6.45, 7) is 8.36. The van der Waals surface area contributed by atoms with Gasteiger partial charge in [0.1, 0.15) is 0 Å². The molecule has 0 fully saturated rings. The minimum absolute atomic E-state index is 0.0185. The highest BCUT2D eigenvalue weighted by atomic mass is 16.3. The molecule has 20 heavy (non-hydrogen) atoms. The van der Waals surface area contributed by atoms with Crippen molar-refractivity contribution in [1.82, 2.24) is 15.5 Å². The number of aromatic nitrogens is 2. The molecule has 3 N–H and O–H groups in total. The summed E-state index contributed by atoms with van der Waals surface area (Å²) < 4.78 is 0. The summed E-state index contributed by atoms with van der Waals surface area (Å²) in [6.07, 6.45) is 2.52. The fraction of sp³-hybridized carbons (Fsp3) is 0.733. The molecule has 1 atom stereocenters. The Balaban J connectivity index is 2.34. The van der Waals surface area contributed by atoms with Crippen LogP contribution in [-0.2, 0) is 11.2 Å². The SMILES string of the molecule is CCC(CC)C(O)CNC(=O)CCc1c(C)n[nH]c1C. The van der Waals surface area contributed by atoms with Gasteiger partial charge in [0.05, 0.1) is 11.8 Å². The molecule has 5 nitrogen and oxygen atoms in total. The fourth-order valence-corrected chi connectivity index (χ4v) is 2.49. The van der Waals surface area contributed by atoms with Crippen molar-refractivity contribution >= 4 is 5.91 Å². The average Bonchev–Trinajstić information content (AvgIpc) is 2.75. The molecular formula is C15H27N3O2. The van der Waals surface area contributed by atoms with E-state index < -0.39 is 6.10 Å². The summed E-state index contributed by atoms with van der Waals surface area (Å²) in [7, 11) is 0. The van der Waals surface area contributed by atoms with E-state index in [1.807, 2.05) is 13.8 Å². The zero-order chi connectivity index (χ0) is 15.1. The number of nitrogens with zero attached hydrogens (tertiary/aromatic N) is 1. The lowest BCUT2D eigenvalue weighted by atomic mass is 9.96. The third-order valence-corrected chi connectivity index (χ3v) is 3.98. The van der Waals surface area contributed by atoms with Gasteiger partial charge in [0.2, 0.25) is 5.91 Å². The van der Waals surface area contributed by atoms with Gasteiger partial charge in [0.25, 0.3) is 0 Å². The number of amides is 1. The van der Waals surface area contributed by atoms with E-state index in [1.54, 1.807) is 0 Å². The maximum Gasteiger partial charge on any atom is 0.220 e. The van der Waals surface area contributed by atoms with Crippen LogP contribution in [0.3, 0.4) is 0 Å². The number of hydrogen-bond acceptors (Lipinski definition) is 3. The molecule has 0 saturated carbocycles. The van der Waals surface area contributed by atoms with Crippen molar-refractivity contribution in [2.75, 3.05) is 6.54 Å². The van der Waals surface area contributed by atoms with Crippen molar-refractivity contribution in [3.05, 3.63) is 17.0 Å². The first-order valence-electron chi connectivity index (χ1n) is 7.44. The monoisotopic (exact) mass is 281 g/mol. The first kappa shape index (κ1) is 16.7. The predicted octanol–water partition coefficient (Wildman–Crippen LogP) is 1.87. The molecular weight excluding hydrogens is 254 g/mol. The van der Waals surface area contributed by atoms with Crippen LogP contribution in [0.4, 0.5) is 0 Å². The van der Waals surface area contributed by atoms with Crippen LogP contribution in [0.5, 0.6) is 0 Å². The van der Waals surface area contributed by atoms with E-state index in [0.717, 1.165) is 29.8 Å². The Morgan fingerprint density at radius 2 is 2.00 bits per heavy atom. The van der Waals surface area contributed by atoms with Crippen LogP contribution >= 0.6 is 0 Å². The second-order valence-corrected chi connectivity index (χ2v) is 5.36. The van der Waals surface area contributed by atoms with Crippen LogP contribution in [0.2, 0.25) is 0 Å². The molecule has 1 heterocycles. The molecule has 5 heteroatoms. The van der Waals surface area contributed by atoms with Crippen LogP contribution in [-0.4, -0.2) is 33.9 Å². The second kappa shape index (κ2) is 8.04. The minimum Gasteiger partial charge on any atom is -0.391 e. The van der Waals surface area contributed by atoms with Crippen molar-refractivity contribution in [3.63, 3.8) is 0 Å². The molecule has 1 unspecified atom stereocenters. The van der Waals surface area contributed by atoms with E-state index >= 15 is 0 Å². The molecule has 1 aromatic rings. The van der Waals surface area contributed by atoms with Gasteiger partial charge in [0, 0.05) is 18.7 Å². The van der Waals surface area contributed by atoms with Crippen molar-refractivity contribution in [2.24, 2.45) is 5.92 Å². The molecule has 0 aliphatic heterocycles. The Morgan fingerprint density at radius 1 is 1.35 bits per heavy atom. The Labute approximate surface area is 121 Å². The fourth-order valence-electron chi connectivity index (χ4n) is 2.49. The van der Waals surface area contributed by atoms with E-state index in [0.29, 0.717) is 19.4 Å². The van der Waals surface area contributed by atoms with Gasteiger partial charge in [-0.3, -0.25) is 9.89 Å². The summed E-state index contributed by atoms with van der Waals surface area (Å²) in [4.78, 5) is 11.8. The number of aromatic amines is 1. The molecule has 1 rings (SSSR count). The standard InChI is InChI=1S/C15H27N3O2/c1-5-12(6-2)14(19)9-16-15(20)8-7-13-10(3)17-18-11(13)4/h12,14,19H,5-9H2,1-4H3,(H,16,20)(H,17,18). The number of aliphatic hydroxyl groups is 1. The highest BCUT2D eigenvalue weighted by Gasteiger charge is 2.16. The van der Waals surface area contributed by atoms with E-state index in [9.17, 15) is 9.90 Å². The van der Waals surface area contributed by atoms with Crippen LogP contribution in [0.25, 0.3) is 0 Å². The lowest BCUT2D eigenvalue weighted by Gasteiger charge is -2.20. The highest BCUT2D eigenvalue weighted by molar-refractivity contribution is 5.76. The number of nitrogens with one attached hydrogen (secondary N) is 2. The molecule has 1 aromatic heterocycles. The second-order valence-electron chi connectivity index (χ2n) is 5.36. The van der Waals surface area contributed by atoms with Gasteiger partial charge < -0.3 is 10.4 Å². The van der Waals surface area contributed by atoms with Crippen molar-refractivity contribution < 1.29 is 9.90 Å². The number of aliphatic hydroxyl groups excluding tert-OH is 1. The number of rotatable bonds is 8. The molecule has 0 aromatic carbocycles. The first-order valence-corrected chi connectivity index (χ1v) is 7.44. The zero-order valence-electron chi connectivity index (χ0n) is 13.0. The van der Waals surface area contributed by atoms with E-state index in [4.69, 9.17) is 0 Å². The van der Waals surface area contributed by atoms with Gasteiger partial charge in [-0.25, -0.2) is 0 Å². The molecule has 0 saturated heterocycles. The summed E-state index contributed by atoms with van der Waals surface area (Å²) in [6, 6.07) is 0. The average molecular weight is 281 g/mol. The Kier molecular flexibility index (Phi) is 6.71. The summed E-state index contributed by atoms with van der Waals surface area (Å²) in [5.74, 6) is 0.240. The highest BCUT2D eigenvalue weighted by Crippen LogP contribution is 2.13. The maximum atomic E-state index is 11.8. The van der Waals surface area contributed by atoms with Gasteiger partial charge in [-0.2, -0.15) is 5.10 Å². The molecule has 0 spiro atoms. The lowest BCUT2D eigenvalue weighted by molar-refractivity contribution is -0.121. The van der Waals surface area contributed by atoms with Crippen molar-refractivity contribution in [2.45, 2.75) is 59.5 Å². The van der Waals surface area contributed by atoms with Gasteiger partial charge in [0.15, 0.2) is 0 Å². The normalized spacial score (nSPS) is 12.7. The first-order chi connectivity index (χ1) is 9.49. The number of H-pyrrole nitrogens is 1. The van der Waals surface area contributed by atoms with Crippen molar-refractivity contribution in [3.8, 4) is 0 Å². The summed E-state index contributed by atoms with van der Waals surface area (Å²) in [5.41, 5.74) is 3.08. The quantitative estimate of drug-likeness (QED) is 0.680. The molecule has 114 valence electrons. The van der Waals surface area contributed by atoms with Crippen LogP contribution in [0.1, 0.15) is 50.1 Å². The minimum atomic E-state index is -0.452. The summed E-state index contributed by atoms with van der Waals surface area (Å²) in [5, 5.41) is 19.8. The lowest BCUT2D eigenvalue weighted by Crippen LogP contribution is -2.36. The Bertz CT molecular complexity index is 405.